The Morgan fingerprint density at radius 2 is 1.93 bits per heavy atom. The van der Waals surface area contributed by atoms with Gasteiger partial charge in [0.1, 0.15) is 11.6 Å². The van der Waals surface area contributed by atoms with Gasteiger partial charge in [-0.3, -0.25) is 0 Å². The highest BCUT2D eigenvalue weighted by atomic mass is 35.5. The molecule has 0 saturated heterocycles. The fraction of sp³-hybridized carbons (Fsp3) is 0.190. The van der Waals surface area contributed by atoms with E-state index in [9.17, 15) is 9.90 Å². The van der Waals surface area contributed by atoms with E-state index < -0.39 is 5.97 Å². The molecule has 2 N–H and O–H groups in total. The lowest BCUT2D eigenvalue weighted by atomic mass is 10.1. The molecule has 0 spiro atoms. The summed E-state index contributed by atoms with van der Waals surface area (Å²) in [7, 11) is 0. The number of ether oxygens (including phenoxy) is 1. The van der Waals surface area contributed by atoms with E-state index in [2.05, 4.69) is 15.3 Å². The number of rotatable bonds is 6. The zero-order chi connectivity index (χ0) is 20.1. The number of carbonyl (C=O) groups excluding carboxylic acids is 1. The number of anilines is 2. The van der Waals surface area contributed by atoms with Crippen LogP contribution in [0.4, 0.5) is 11.5 Å². The van der Waals surface area contributed by atoms with E-state index in [-0.39, 0.29) is 17.0 Å². The molecule has 0 unspecified atom stereocenters. The molecule has 0 bridgehead atoms. The molecule has 144 valence electrons. The summed E-state index contributed by atoms with van der Waals surface area (Å²) in [4.78, 5) is 21.3. The third-order valence-electron chi connectivity index (χ3n) is 3.91. The molecule has 0 aliphatic heterocycles. The fourth-order valence-corrected chi connectivity index (χ4v) is 2.73. The van der Waals surface area contributed by atoms with Gasteiger partial charge >= 0.3 is 5.97 Å². The van der Waals surface area contributed by atoms with Crippen molar-refractivity contribution in [1.82, 2.24) is 9.97 Å². The first-order valence-electron chi connectivity index (χ1n) is 8.85. The Morgan fingerprint density at radius 1 is 1.18 bits per heavy atom. The van der Waals surface area contributed by atoms with Gasteiger partial charge in [0.25, 0.3) is 0 Å². The zero-order valence-electron chi connectivity index (χ0n) is 15.6. The van der Waals surface area contributed by atoms with Crippen LogP contribution in [-0.4, -0.2) is 27.7 Å². The van der Waals surface area contributed by atoms with E-state index in [1.165, 1.54) is 6.07 Å². The highest BCUT2D eigenvalue weighted by Gasteiger charge is 2.17. The summed E-state index contributed by atoms with van der Waals surface area (Å²) in [6.07, 6.45) is 0.711. The quantitative estimate of drug-likeness (QED) is 0.443. The topological polar surface area (TPSA) is 84.3 Å². The van der Waals surface area contributed by atoms with Crippen molar-refractivity contribution in [1.29, 1.82) is 0 Å². The largest absolute Gasteiger partial charge is 0.506 e. The summed E-state index contributed by atoms with van der Waals surface area (Å²) in [5.74, 6) is 0.368. The first-order chi connectivity index (χ1) is 13.5. The third-order valence-corrected chi connectivity index (χ3v) is 4.16. The Hall–Kier alpha value is -3.12. The summed E-state index contributed by atoms with van der Waals surface area (Å²) in [5, 5.41) is 13.9. The molecule has 0 fully saturated rings. The number of aromatic hydroxyl groups is 1. The second-order valence-electron chi connectivity index (χ2n) is 6.19. The van der Waals surface area contributed by atoms with Crippen molar-refractivity contribution >= 4 is 29.1 Å². The number of aryl methyl sites for hydroxylation is 1. The van der Waals surface area contributed by atoms with Crippen LogP contribution >= 0.6 is 11.6 Å². The lowest BCUT2D eigenvalue weighted by molar-refractivity contribution is 0.0506. The van der Waals surface area contributed by atoms with Crippen molar-refractivity contribution in [3.63, 3.8) is 0 Å². The number of para-hydroxylation sites is 1. The number of nitrogens with zero attached hydrogens (tertiary/aromatic N) is 2. The van der Waals surface area contributed by atoms with Gasteiger partial charge in [-0.05, 0) is 49.7 Å². The molecule has 6 nitrogen and oxygen atoms in total. The van der Waals surface area contributed by atoms with Crippen molar-refractivity contribution in [3.05, 3.63) is 64.8 Å². The summed E-state index contributed by atoms with van der Waals surface area (Å²) in [6.45, 7) is 4.06. The van der Waals surface area contributed by atoms with Gasteiger partial charge in [-0.15, -0.1) is 0 Å². The second-order valence-corrected chi connectivity index (χ2v) is 6.62. The van der Waals surface area contributed by atoms with Crippen molar-refractivity contribution in [2.24, 2.45) is 0 Å². The number of aromatic nitrogens is 2. The Kier molecular flexibility index (Phi) is 6.11. The van der Waals surface area contributed by atoms with Crippen LogP contribution in [0.15, 0.2) is 48.5 Å². The standard InChI is InChI=1S/C21H20ClN3O3/c1-3-11-28-21(27)16-5-4-6-17(26)19(16)24-18-12-13(2)23-20(25-18)14-7-9-15(22)10-8-14/h4-10,12,26H,3,11H2,1-2H3,(H,23,24,25). The van der Waals surface area contributed by atoms with Crippen LogP contribution in [0.2, 0.25) is 5.02 Å². The van der Waals surface area contributed by atoms with Crippen molar-refractivity contribution < 1.29 is 14.6 Å². The predicted molar refractivity (Wildman–Crippen MR) is 109 cm³/mol. The van der Waals surface area contributed by atoms with Crippen molar-refractivity contribution in [2.45, 2.75) is 20.3 Å². The number of esters is 1. The maximum Gasteiger partial charge on any atom is 0.340 e. The monoisotopic (exact) mass is 397 g/mol. The van der Waals surface area contributed by atoms with Crippen LogP contribution in [0.1, 0.15) is 29.4 Å². The molecular weight excluding hydrogens is 378 g/mol. The molecule has 28 heavy (non-hydrogen) atoms. The number of hydrogen-bond acceptors (Lipinski definition) is 6. The number of phenols is 1. The molecule has 0 atom stereocenters. The molecule has 3 rings (SSSR count). The van der Waals surface area contributed by atoms with Gasteiger partial charge in [0.15, 0.2) is 5.82 Å². The molecule has 2 aromatic carbocycles. The first kappa shape index (κ1) is 19.6. The average molecular weight is 398 g/mol. The summed E-state index contributed by atoms with van der Waals surface area (Å²) in [5.41, 5.74) is 2.01. The average Bonchev–Trinajstić information content (AvgIpc) is 2.67. The SMILES string of the molecule is CCCOC(=O)c1cccc(O)c1Nc1cc(C)nc(-c2ccc(Cl)cc2)n1. The van der Waals surface area contributed by atoms with E-state index in [4.69, 9.17) is 16.3 Å². The zero-order valence-corrected chi connectivity index (χ0v) is 16.3. The predicted octanol–water partition coefficient (Wildman–Crippen LogP) is 5.12. The van der Waals surface area contributed by atoms with Crippen LogP contribution < -0.4 is 5.32 Å². The Labute approximate surface area is 168 Å². The highest BCUT2D eigenvalue weighted by molar-refractivity contribution is 6.30. The van der Waals surface area contributed by atoms with Gasteiger partial charge in [0.05, 0.1) is 17.9 Å². The lowest BCUT2D eigenvalue weighted by Gasteiger charge is -2.14. The number of hydrogen-bond donors (Lipinski definition) is 2. The third kappa shape index (κ3) is 4.58. The number of halogens is 1. The molecule has 0 amide bonds. The van der Waals surface area contributed by atoms with Gasteiger partial charge in [0, 0.05) is 22.3 Å². The number of phenolic OH excluding ortho intramolecular Hbond substituents is 1. The number of carbonyl (C=O) groups is 1. The van der Waals surface area contributed by atoms with Crippen LogP contribution in [0.5, 0.6) is 5.75 Å². The lowest BCUT2D eigenvalue weighted by Crippen LogP contribution is -2.09. The van der Waals surface area contributed by atoms with Gasteiger partial charge in [0.2, 0.25) is 0 Å². The van der Waals surface area contributed by atoms with Crippen LogP contribution in [0.3, 0.4) is 0 Å². The Morgan fingerprint density at radius 3 is 2.64 bits per heavy atom. The van der Waals surface area contributed by atoms with E-state index in [0.717, 1.165) is 11.3 Å². The van der Waals surface area contributed by atoms with Gasteiger partial charge < -0.3 is 15.2 Å². The molecule has 1 heterocycles. The molecule has 3 aromatic rings. The fourth-order valence-electron chi connectivity index (χ4n) is 2.60. The molecular formula is C21H20ClN3O3. The van der Waals surface area contributed by atoms with Crippen LogP contribution in [0, 0.1) is 6.92 Å². The summed E-state index contributed by atoms with van der Waals surface area (Å²) in [6, 6.07) is 13.6. The van der Waals surface area contributed by atoms with E-state index in [1.54, 1.807) is 30.3 Å². The molecule has 7 heteroatoms. The minimum Gasteiger partial charge on any atom is -0.506 e. The minimum absolute atomic E-state index is 0.0738. The molecule has 0 saturated carbocycles. The molecule has 0 aliphatic carbocycles. The minimum atomic E-state index is -0.510. The summed E-state index contributed by atoms with van der Waals surface area (Å²) >= 11 is 5.94. The summed E-state index contributed by atoms with van der Waals surface area (Å²) < 4.78 is 5.20. The number of nitrogens with one attached hydrogen (secondary N) is 1. The normalized spacial score (nSPS) is 10.5. The van der Waals surface area contributed by atoms with E-state index >= 15 is 0 Å². The van der Waals surface area contributed by atoms with E-state index in [0.29, 0.717) is 29.7 Å². The van der Waals surface area contributed by atoms with Gasteiger partial charge in [-0.1, -0.05) is 24.6 Å². The second kappa shape index (κ2) is 8.71. The Balaban J connectivity index is 1.96. The molecule has 0 aliphatic rings. The smallest absolute Gasteiger partial charge is 0.340 e. The Bertz CT molecular complexity index is 991. The maximum atomic E-state index is 12.3. The number of benzene rings is 2. The van der Waals surface area contributed by atoms with Crippen LogP contribution in [0.25, 0.3) is 11.4 Å². The van der Waals surface area contributed by atoms with Crippen molar-refractivity contribution in [3.8, 4) is 17.1 Å². The van der Waals surface area contributed by atoms with E-state index in [1.807, 2.05) is 26.0 Å². The maximum absolute atomic E-state index is 12.3. The van der Waals surface area contributed by atoms with Gasteiger partial charge in [-0.2, -0.15) is 0 Å². The first-order valence-corrected chi connectivity index (χ1v) is 9.23. The molecule has 0 radical (unpaired) electrons. The highest BCUT2D eigenvalue weighted by Crippen LogP contribution is 2.31. The van der Waals surface area contributed by atoms with Gasteiger partial charge in [-0.25, -0.2) is 14.8 Å². The van der Waals surface area contributed by atoms with Crippen molar-refractivity contribution in [2.75, 3.05) is 11.9 Å². The van der Waals surface area contributed by atoms with Crippen LogP contribution in [-0.2, 0) is 4.74 Å². The molecule has 1 aromatic heterocycles.